The molecule has 1 saturated carbocycles. The van der Waals surface area contributed by atoms with E-state index in [1.165, 1.54) is 25.7 Å². The first-order valence-corrected chi connectivity index (χ1v) is 14.1. The van der Waals surface area contributed by atoms with E-state index >= 15 is 0 Å². The van der Waals surface area contributed by atoms with Crippen LogP contribution in [0.1, 0.15) is 50.5 Å². The third-order valence-corrected chi connectivity index (χ3v) is 7.68. The van der Waals surface area contributed by atoms with Gasteiger partial charge in [0.2, 0.25) is 5.91 Å². The molecule has 0 aromatic heterocycles. The fourth-order valence-corrected chi connectivity index (χ4v) is 5.69. The standard InChI is InChI=1S/C22H30Cl2N2O2.CH4O3S/c1-25(21(27)14-16-5-6-17(23)18(24)13-16)19-7-9-22(8-4-12-28-22)15-20(19)26-10-2-3-11-26;1-5(2,3)4/h5-6,13,19-20H,2-4,7-12,14-15H2,1H3;1H3,(H,2,3,4)/t19?,20?,22-;/m0./s1. The molecule has 2 aliphatic heterocycles. The number of likely N-dealkylation sites (tertiary alicyclic amines) is 1. The van der Waals surface area contributed by atoms with Crippen molar-refractivity contribution in [2.45, 2.75) is 69.1 Å². The van der Waals surface area contributed by atoms with Gasteiger partial charge in [-0.15, -0.1) is 0 Å². The maximum absolute atomic E-state index is 13.1. The van der Waals surface area contributed by atoms with Gasteiger partial charge in [0.05, 0.1) is 28.3 Å². The lowest BCUT2D eigenvalue weighted by atomic mass is 9.76. The number of nitrogens with zero attached hydrogens (tertiary/aromatic N) is 2. The number of halogens is 2. The maximum atomic E-state index is 13.1. The van der Waals surface area contributed by atoms with E-state index in [0.717, 1.165) is 44.5 Å². The quantitative estimate of drug-likeness (QED) is 0.602. The molecule has 0 radical (unpaired) electrons. The van der Waals surface area contributed by atoms with Crippen LogP contribution < -0.4 is 0 Å². The molecule has 7 nitrogen and oxygen atoms in total. The van der Waals surface area contributed by atoms with Gasteiger partial charge >= 0.3 is 0 Å². The van der Waals surface area contributed by atoms with Crippen molar-refractivity contribution >= 4 is 39.2 Å². The van der Waals surface area contributed by atoms with Gasteiger partial charge in [0.25, 0.3) is 10.1 Å². The number of rotatable bonds is 4. The first-order chi connectivity index (χ1) is 15.5. The molecule has 2 heterocycles. The van der Waals surface area contributed by atoms with Crippen LogP contribution in [-0.2, 0) is 26.1 Å². The SMILES string of the molecule is CN(C(=O)Cc1ccc(Cl)c(Cl)c1)C1CC[C@@]2(CCCO2)CC1N1CCCC1.CS(=O)(=O)O. The molecule has 2 unspecified atom stereocenters. The van der Waals surface area contributed by atoms with Crippen LogP contribution in [0, 0.1) is 0 Å². The average Bonchev–Trinajstić information content (AvgIpc) is 3.42. The summed E-state index contributed by atoms with van der Waals surface area (Å²) in [5.74, 6) is 0.149. The van der Waals surface area contributed by atoms with Gasteiger partial charge in [-0.1, -0.05) is 29.3 Å². The highest BCUT2D eigenvalue weighted by atomic mass is 35.5. The molecule has 10 heteroatoms. The Bertz CT molecular complexity index is 923. The molecule has 33 heavy (non-hydrogen) atoms. The Morgan fingerprint density at radius 2 is 1.88 bits per heavy atom. The van der Waals surface area contributed by atoms with Crippen molar-refractivity contribution in [3.05, 3.63) is 33.8 Å². The van der Waals surface area contributed by atoms with E-state index in [4.69, 9.17) is 32.5 Å². The topological polar surface area (TPSA) is 87.2 Å². The lowest BCUT2D eigenvalue weighted by Crippen LogP contribution is -2.58. The first-order valence-electron chi connectivity index (χ1n) is 11.5. The number of likely N-dealkylation sites (N-methyl/N-ethyl adjacent to an activating group) is 1. The zero-order chi connectivity index (χ0) is 24.2. The number of benzene rings is 1. The Balaban J connectivity index is 0.000000555. The largest absolute Gasteiger partial charge is 0.375 e. The Kier molecular flexibility index (Phi) is 9.08. The summed E-state index contributed by atoms with van der Waals surface area (Å²) >= 11 is 12.1. The molecule has 3 aliphatic rings. The van der Waals surface area contributed by atoms with Crippen LogP contribution in [0.25, 0.3) is 0 Å². The number of carbonyl (C=O) groups excluding carboxylic acids is 1. The Hall–Kier alpha value is -0.900. The van der Waals surface area contributed by atoms with Crippen LogP contribution in [0.4, 0.5) is 0 Å². The fraction of sp³-hybridized carbons (Fsp3) is 0.696. The molecule has 2 saturated heterocycles. The van der Waals surface area contributed by atoms with Crippen molar-refractivity contribution in [2.75, 3.05) is 33.0 Å². The number of hydrogen-bond acceptors (Lipinski definition) is 5. The Morgan fingerprint density at radius 3 is 2.45 bits per heavy atom. The summed E-state index contributed by atoms with van der Waals surface area (Å²) in [5, 5.41) is 1.03. The van der Waals surface area contributed by atoms with Crippen molar-refractivity contribution < 1.29 is 22.5 Å². The molecular weight excluding hydrogens is 487 g/mol. The predicted octanol–water partition coefficient (Wildman–Crippen LogP) is 4.06. The third kappa shape index (κ3) is 7.54. The fourth-order valence-electron chi connectivity index (χ4n) is 5.37. The molecule has 3 fully saturated rings. The van der Waals surface area contributed by atoms with Crippen molar-refractivity contribution in [1.29, 1.82) is 0 Å². The summed E-state index contributed by atoms with van der Waals surface area (Å²) in [6, 6.07) is 6.11. The number of amides is 1. The van der Waals surface area contributed by atoms with Gasteiger partial charge in [-0.2, -0.15) is 8.42 Å². The molecule has 3 atom stereocenters. The number of ether oxygens (including phenoxy) is 1. The summed E-state index contributed by atoms with van der Waals surface area (Å²) < 4.78 is 32.1. The molecule has 0 bridgehead atoms. The van der Waals surface area contributed by atoms with E-state index in [0.29, 0.717) is 28.8 Å². The van der Waals surface area contributed by atoms with E-state index in [2.05, 4.69) is 4.90 Å². The Morgan fingerprint density at radius 1 is 1.21 bits per heavy atom. The molecule has 186 valence electrons. The van der Waals surface area contributed by atoms with E-state index in [1.54, 1.807) is 12.1 Å². The van der Waals surface area contributed by atoms with E-state index in [1.807, 2.05) is 18.0 Å². The smallest absolute Gasteiger partial charge is 0.261 e. The zero-order valence-electron chi connectivity index (χ0n) is 19.3. The van der Waals surface area contributed by atoms with Gasteiger partial charge in [0.15, 0.2) is 0 Å². The lowest BCUT2D eigenvalue weighted by molar-refractivity contribution is -0.136. The molecule has 1 aromatic rings. The molecule has 1 amide bonds. The van der Waals surface area contributed by atoms with Crippen molar-refractivity contribution in [3.8, 4) is 0 Å². The van der Waals surface area contributed by atoms with E-state index in [-0.39, 0.29) is 17.6 Å². The summed E-state index contributed by atoms with van der Waals surface area (Å²) in [7, 11) is -1.69. The van der Waals surface area contributed by atoms with Gasteiger partial charge in [-0.25, -0.2) is 0 Å². The molecule has 1 aromatic carbocycles. The van der Waals surface area contributed by atoms with E-state index in [9.17, 15) is 13.2 Å². The van der Waals surface area contributed by atoms with Crippen LogP contribution in [0.5, 0.6) is 0 Å². The highest BCUT2D eigenvalue weighted by Crippen LogP contribution is 2.43. The first kappa shape index (κ1) is 26.7. The van der Waals surface area contributed by atoms with Crippen LogP contribution in [0.3, 0.4) is 0 Å². The normalized spacial score (nSPS) is 27.9. The molecule has 4 rings (SSSR count). The van der Waals surface area contributed by atoms with Crippen LogP contribution >= 0.6 is 23.2 Å². The van der Waals surface area contributed by atoms with Gasteiger partial charge in [-0.3, -0.25) is 14.2 Å². The molecule has 1 N–H and O–H groups in total. The summed E-state index contributed by atoms with van der Waals surface area (Å²) in [4.78, 5) is 17.7. The molecule has 1 aliphatic carbocycles. The van der Waals surface area contributed by atoms with Crippen molar-refractivity contribution in [3.63, 3.8) is 0 Å². The summed E-state index contributed by atoms with van der Waals surface area (Å²) in [6.45, 7) is 3.18. The van der Waals surface area contributed by atoms with Gasteiger partial charge in [0.1, 0.15) is 0 Å². The van der Waals surface area contributed by atoms with Crippen molar-refractivity contribution in [2.24, 2.45) is 0 Å². The second-order valence-corrected chi connectivity index (χ2v) is 11.7. The summed E-state index contributed by atoms with van der Waals surface area (Å²) in [6.07, 6.45) is 9.08. The third-order valence-electron chi connectivity index (χ3n) is 6.95. The highest BCUT2D eigenvalue weighted by Gasteiger charge is 2.47. The van der Waals surface area contributed by atoms with Gasteiger partial charge in [0, 0.05) is 25.7 Å². The summed E-state index contributed by atoms with van der Waals surface area (Å²) in [5.41, 5.74) is 0.965. The Labute approximate surface area is 207 Å². The minimum Gasteiger partial charge on any atom is -0.375 e. The maximum Gasteiger partial charge on any atom is 0.261 e. The van der Waals surface area contributed by atoms with Crippen LogP contribution in [0.15, 0.2) is 18.2 Å². The van der Waals surface area contributed by atoms with E-state index < -0.39 is 10.1 Å². The highest BCUT2D eigenvalue weighted by molar-refractivity contribution is 7.85. The predicted molar refractivity (Wildman–Crippen MR) is 131 cm³/mol. The average molecular weight is 522 g/mol. The van der Waals surface area contributed by atoms with Gasteiger partial charge < -0.3 is 9.64 Å². The second kappa shape index (κ2) is 11.2. The number of hydrogen-bond donors (Lipinski definition) is 1. The zero-order valence-corrected chi connectivity index (χ0v) is 21.6. The van der Waals surface area contributed by atoms with Gasteiger partial charge in [-0.05, 0) is 75.7 Å². The molecular formula is C23H34Cl2N2O5S. The minimum absolute atomic E-state index is 0.0529. The monoisotopic (exact) mass is 520 g/mol. The molecule has 1 spiro atoms. The minimum atomic E-state index is -3.67. The number of carbonyl (C=O) groups is 1. The van der Waals surface area contributed by atoms with Crippen LogP contribution in [0.2, 0.25) is 10.0 Å². The van der Waals surface area contributed by atoms with Crippen molar-refractivity contribution in [1.82, 2.24) is 9.80 Å². The lowest BCUT2D eigenvalue weighted by Gasteiger charge is -2.48. The second-order valence-electron chi connectivity index (χ2n) is 9.42. The van der Waals surface area contributed by atoms with Crippen LogP contribution in [-0.4, -0.2) is 79.4 Å².